The lowest BCUT2D eigenvalue weighted by Gasteiger charge is -2.20. The van der Waals surface area contributed by atoms with E-state index in [1.54, 1.807) is 6.26 Å². The van der Waals surface area contributed by atoms with E-state index < -0.39 is 0 Å². The molecule has 2 amide bonds. The van der Waals surface area contributed by atoms with Crippen molar-refractivity contribution in [1.29, 1.82) is 0 Å². The first-order chi connectivity index (χ1) is 14.7. The highest BCUT2D eigenvalue weighted by molar-refractivity contribution is 6.06. The molecule has 3 fully saturated rings. The van der Waals surface area contributed by atoms with Crippen molar-refractivity contribution in [3.05, 3.63) is 36.3 Å². The summed E-state index contributed by atoms with van der Waals surface area (Å²) in [7, 11) is 0. The van der Waals surface area contributed by atoms with Crippen LogP contribution < -0.4 is 10.6 Å². The Kier molecular flexibility index (Phi) is 5.35. The zero-order valence-corrected chi connectivity index (χ0v) is 17.3. The molecule has 4 atom stereocenters. The molecule has 2 heterocycles. The number of hydrogen-bond acceptors (Lipinski definition) is 4. The maximum atomic E-state index is 12.8. The second-order valence-corrected chi connectivity index (χ2v) is 8.94. The number of fused-ring (bicyclic) bond motifs is 5. The van der Waals surface area contributed by atoms with Gasteiger partial charge in [-0.3, -0.25) is 19.5 Å². The van der Waals surface area contributed by atoms with Crippen LogP contribution in [0.4, 0.5) is 0 Å². The van der Waals surface area contributed by atoms with E-state index in [4.69, 9.17) is 9.41 Å². The standard InChI is InChI=1S/C23H30N4O3/c28-21-19-15-7-8-16(14-15)20(19)22(29)27(21)12-11-25-23(26-17-4-1-2-5-17)24-10-9-18-6-3-13-30-18/h3,6-8,13,15-17,19-20H,1-2,4-5,9-12,14H2,(H2,24,25,26). The zero-order chi connectivity index (χ0) is 20.5. The predicted molar refractivity (Wildman–Crippen MR) is 113 cm³/mol. The highest BCUT2D eigenvalue weighted by atomic mass is 16.3. The molecule has 2 N–H and O–H groups in total. The van der Waals surface area contributed by atoms with Gasteiger partial charge >= 0.3 is 0 Å². The van der Waals surface area contributed by atoms with Crippen LogP contribution in [0.5, 0.6) is 0 Å². The van der Waals surface area contributed by atoms with E-state index in [9.17, 15) is 9.59 Å². The summed E-state index contributed by atoms with van der Waals surface area (Å²) in [4.78, 5) is 31.8. The smallest absolute Gasteiger partial charge is 0.233 e. The van der Waals surface area contributed by atoms with E-state index in [-0.39, 0.29) is 35.5 Å². The highest BCUT2D eigenvalue weighted by Crippen LogP contribution is 2.52. The zero-order valence-electron chi connectivity index (χ0n) is 17.3. The molecule has 0 spiro atoms. The number of likely N-dealkylation sites (tertiary alicyclic amines) is 1. The molecule has 0 aromatic carbocycles. The highest BCUT2D eigenvalue weighted by Gasteiger charge is 2.58. The molecule has 5 rings (SSSR count). The molecule has 2 bridgehead atoms. The van der Waals surface area contributed by atoms with Gasteiger partial charge in [0, 0.05) is 32.1 Å². The number of rotatable bonds is 7. The second kappa shape index (κ2) is 8.28. The molecule has 1 aromatic heterocycles. The summed E-state index contributed by atoms with van der Waals surface area (Å²) in [5.74, 6) is 1.99. The van der Waals surface area contributed by atoms with Crippen molar-refractivity contribution in [3.63, 3.8) is 0 Å². The quantitative estimate of drug-likeness (QED) is 0.311. The van der Waals surface area contributed by atoms with E-state index in [0.29, 0.717) is 25.7 Å². The van der Waals surface area contributed by atoms with Gasteiger partial charge in [0.2, 0.25) is 11.8 Å². The number of carbonyl (C=O) groups is 2. The Morgan fingerprint density at radius 3 is 2.53 bits per heavy atom. The summed E-state index contributed by atoms with van der Waals surface area (Å²) >= 11 is 0. The first-order valence-electron chi connectivity index (χ1n) is 11.3. The number of nitrogens with one attached hydrogen (secondary N) is 2. The minimum Gasteiger partial charge on any atom is -0.469 e. The molecular weight excluding hydrogens is 380 g/mol. The number of amides is 2. The number of carbonyl (C=O) groups excluding carboxylic acids is 2. The molecule has 1 saturated heterocycles. The van der Waals surface area contributed by atoms with Gasteiger partial charge < -0.3 is 15.1 Å². The largest absolute Gasteiger partial charge is 0.469 e. The van der Waals surface area contributed by atoms with Gasteiger partial charge in [0.1, 0.15) is 5.76 Å². The van der Waals surface area contributed by atoms with Crippen molar-refractivity contribution in [3.8, 4) is 0 Å². The fourth-order valence-electron chi connectivity index (χ4n) is 5.62. The first-order valence-corrected chi connectivity index (χ1v) is 11.3. The minimum atomic E-state index is -0.120. The predicted octanol–water partition coefficient (Wildman–Crippen LogP) is 2.11. The van der Waals surface area contributed by atoms with Crippen LogP contribution in [0.15, 0.2) is 40.0 Å². The number of nitrogens with zero attached hydrogens (tertiary/aromatic N) is 2. The van der Waals surface area contributed by atoms with Gasteiger partial charge in [-0.05, 0) is 43.2 Å². The molecule has 30 heavy (non-hydrogen) atoms. The lowest BCUT2D eigenvalue weighted by atomic mass is 9.85. The number of hydrogen-bond donors (Lipinski definition) is 2. The molecule has 3 aliphatic carbocycles. The average molecular weight is 411 g/mol. The second-order valence-electron chi connectivity index (χ2n) is 8.94. The van der Waals surface area contributed by atoms with Crippen molar-refractivity contribution in [2.45, 2.75) is 44.6 Å². The van der Waals surface area contributed by atoms with Gasteiger partial charge in [-0.2, -0.15) is 0 Å². The number of furan rings is 1. The van der Waals surface area contributed by atoms with Crippen molar-refractivity contribution in [2.24, 2.45) is 28.7 Å². The fourth-order valence-corrected chi connectivity index (χ4v) is 5.62. The third kappa shape index (κ3) is 3.66. The SMILES string of the molecule is O=C1C2C3C=CC(C3)C2C(=O)N1CCNC(=NCCc1ccco1)NC1CCCC1. The molecular formula is C23H30N4O3. The number of aliphatic imine (C=N–C) groups is 1. The van der Waals surface area contributed by atoms with Crippen LogP contribution in [-0.2, 0) is 16.0 Å². The van der Waals surface area contributed by atoms with Crippen LogP contribution in [0, 0.1) is 23.7 Å². The Labute approximate surface area is 177 Å². The monoisotopic (exact) mass is 410 g/mol. The third-order valence-corrected chi connectivity index (χ3v) is 7.09. The molecule has 7 heteroatoms. The molecule has 1 aromatic rings. The Hall–Kier alpha value is -2.57. The number of guanidine groups is 1. The van der Waals surface area contributed by atoms with Crippen molar-refractivity contribution < 1.29 is 14.0 Å². The van der Waals surface area contributed by atoms with Gasteiger partial charge in [-0.25, -0.2) is 0 Å². The third-order valence-electron chi connectivity index (χ3n) is 7.09. The van der Waals surface area contributed by atoms with Crippen LogP contribution in [-0.4, -0.2) is 48.3 Å². The Morgan fingerprint density at radius 2 is 1.87 bits per heavy atom. The van der Waals surface area contributed by atoms with Crippen LogP contribution in [0.3, 0.4) is 0 Å². The van der Waals surface area contributed by atoms with Gasteiger partial charge in [0.05, 0.1) is 18.1 Å². The molecule has 0 radical (unpaired) electrons. The van der Waals surface area contributed by atoms with Crippen molar-refractivity contribution in [1.82, 2.24) is 15.5 Å². The van der Waals surface area contributed by atoms with E-state index in [1.165, 1.54) is 17.7 Å². The van der Waals surface area contributed by atoms with Crippen LogP contribution in [0.1, 0.15) is 37.9 Å². The molecule has 2 saturated carbocycles. The Morgan fingerprint density at radius 1 is 1.13 bits per heavy atom. The van der Waals surface area contributed by atoms with Crippen LogP contribution in [0.2, 0.25) is 0 Å². The van der Waals surface area contributed by atoms with E-state index >= 15 is 0 Å². The Balaban J connectivity index is 1.16. The maximum Gasteiger partial charge on any atom is 0.233 e. The van der Waals surface area contributed by atoms with Crippen LogP contribution >= 0.6 is 0 Å². The molecule has 4 unspecified atom stereocenters. The topological polar surface area (TPSA) is 86.9 Å². The molecule has 4 aliphatic rings. The molecule has 7 nitrogen and oxygen atoms in total. The summed E-state index contributed by atoms with van der Waals surface area (Å²) in [6, 6.07) is 4.28. The maximum absolute atomic E-state index is 12.8. The molecule has 160 valence electrons. The van der Waals surface area contributed by atoms with Gasteiger partial charge in [-0.1, -0.05) is 25.0 Å². The lowest BCUT2D eigenvalue weighted by Crippen LogP contribution is -2.46. The van der Waals surface area contributed by atoms with Gasteiger partial charge in [0.25, 0.3) is 0 Å². The van der Waals surface area contributed by atoms with E-state index in [0.717, 1.165) is 37.4 Å². The average Bonchev–Trinajstić information content (AvgIpc) is 3.54. The van der Waals surface area contributed by atoms with Gasteiger partial charge in [-0.15, -0.1) is 0 Å². The van der Waals surface area contributed by atoms with Crippen molar-refractivity contribution in [2.75, 3.05) is 19.6 Å². The summed E-state index contributed by atoms with van der Waals surface area (Å²) in [5.41, 5.74) is 0. The summed E-state index contributed by atoms with van der Waals surface area (Å²) in [6.07, 6.45) is 12.4. The fraction of sp³-hybridized carbons (Fsp3) is 0.609. The minimum absolute atomic E-state index is 0.0173. The van der Waals surface area contributed by atoms with Crippen LogP contribution in [0.25, 0.3) is 0 Å². The van der Waals surface area contributed by atoms with Crippen molar-refractivity contribution >= 4 is 17.8 Å². The summed E-state index contributed by atoms with van der Waals surface area (Å²) in [5, 5.41) is 6.86. The number of imide groups is 1. The first kappa shape index (κ1) is 19.4. The summed E-state index contributed by atoms with van der Waals surface area (Å²) < 4.78 is 5.38. The Bertz CT molecular complexity index is 811. The number of allylic oxidation sites excluding steroid dienone is 2. The van der Waals surface area contributed by atoms with E-state index in [2.05, 4.69) is 22.8 Å². The lowest BCUT2D eigenvalue weighted by molar-refractivity contribution is -0.140. The normalized spacial score (nSPS) is 30.5. The summed E-state index contributed by atoms with van der Waals surface area (Å²) in [6.45, 7) is 1.53. The molecule has 1 aliphatic heterocycles. The van der Waals surface area contributed by atoms with Gasteiger partial charge in [0.15, 0.2) is 5.96 Å². The van der Waals surface area contributed by atoms with E-state index in [1.807, 2.05) is 12.1 Å².